The van der Waals surface area contributed by atoms with Gasteiger partial charge in [0.1, 0.15) is 11.9 Å². The molecule has 0 spiro atoms. The maximum absolute atomic E-state index is 11.5. The molecule has 2 aliphatic rings. The third-order valence-corrected chi connectivity index (χ3v) is 3.00. The topological polar surface area (TPSA) is 43.4 Å². The zero-order valence-electron chi connectivity index (χ0n) is 7.13. The van der Waals surface area contributed by atoms with Crippen molar-refractivity contribution in [1.29, 1.82) is 0 Å². The number of carbonyl (C=O) groups is 2. The van der Waals surface area contributed by atoms with Gasteiger partial charge in [0.25, 0.3) is 0 Å². The minimum Gasteiger partial charge on any atom is -0.461 e. The van der Waals surface area contributed by atoms with E-state index in [2.05, 4.69) is 0 Å². The molecule has 66 valence electrons. The second-order valence-corrected chi connectivity index (χ2v) is 3.89. The third kappa shape index (κ3) is 0.886. The minimum atomic E-state index is -0.491. The van der Waals surface area contributed by atoms with Crippen molar-refractivity contribution in [3.8, 4) is 0 Å². The zero-order valence-corrected chi connectivity index (χ0v) is 7.13. The van der Waals surface area contributed by atoms with Crippen molar-refractivity contribution in [3.05, 3.63) is 0 Å². The number of carbonyl (C=O) groups excluding carboxylic acids is 2. The summed E-state index contributed by atoms with van der Waals surface area (Å²) in [5, 5.41) is 0. The monoisotopic (exact) mass is 168 g/mol. The van der Waals surface area contributed by atoms with Crippen molar-refractivity contribution >= 4 is 11.8 Å². The van der Waals surface area contributed by atoms with E-state index in [4.69, 9.17) is 4.74 Å². The summed E-state index contributed by atoms with van der Waals surface area (Å²) < 4.78 is 5.08. The Bertz CT molecular complexity index is 246. The highest BCUT2D eigenvalue weighted by atomic mass is 16.6. The van der Waals surface area contributed by atoms with Crippen molar-refractivity contribution in [3.63, 3.8) is 0 Å². The lowest BCUT2D eigenvalue weighted by Crippen LogP contribution is -2.39. The Morgan fingerprint density at radius 1 is 1.50 bits per heavy atom. The van der Waals surface area contributed by atoms with Gasteiger partial charge in [-0.15, -0.1) is 0 Å². The maximum atomic E-state index is 11.5. The smallest absolute Gasteiger partial charge is 0.307 e. The molecule has 0 aromatic rings. The van der Waals surface area contributed by atoms with Gasteiger partial charge in [-0.3, -0.25) is 9.59 Å². The zero-order chi connectivity index (χ0) is 8.77. The molecule has 2 atom stereocenters. The van der Waals surface area contributed by atoms with Crippen LogP contribution in [0.3, 0.4) is 0 Å². The number of ketones is 1. The Kier molecular flexibility index (Phi) is 1.50. The van der Waals surface area contributed by atoms with Crippen LogP contribution in [-0.2, 0) is 14.3 Å². The number of fused-ring (bicyclic) bond motifs is 1. The van der Waals surface area contributed by atoms with E-state index in [1.807, 2.05) is 6.92 Å². The molecule has 0 unspecified atom stereocenters. The van der Waals surface area contributed by atoms with Crippen molar-refractivity contribution in [2.75, 3.05) is 0 Å². The van der Waals surface area contributed by atoms with Crippen molar-refractivity contribution < 1.29 is 14.3 Å². The van der Waals surface area contributed by atoms with Gasteiger partial charge < -0.3 is 4.74 Å². The van der Waals surface area contributed by atoms with Crippen LogP contribution in [0.4, 0.5) is 0 Å². The second-order valence-electron chi connectivity index (χ2n) is 3.89. The third-order valence-electron chi connectivity index (χ3n) is 3.00. The highest BCUT2D eigenvalue weighted by Gasteiger charge is 2.51. The summed E-state index contributed by atoms with van der Waals surface area (Å²) in [5.74, 6) is -0.0117. The van der Waals surface area contributed by atoms with E-state index in [-0.39, 0.29) is 24.3 Å². The first-order valence-electron chi connectivity index (χ1n) is 4.36. The van der Waals surface area contributed by atoms with Crippen molar-refractivity contribution in [2.24, 2.45) is 5.41 Å². The average Bonchev–Trinajstić information content (AvgIpc) is 2.27. The molecule has 1 heterocycles. The number of hydrogen-bond donors (Lipinski definition) is 0. The van der Waals surface area contributed by atoms with E-state index in [0.29, 0.717) is 6.42 Å². The average molecular weight is 168 g/mol. The van der Waals surface area contributed by atoms with Gasteiger partial charge in [0, 0.05) is 6.42 Å². The van der Waals surface area contributed by atoms with Crippen LogP contribution in [0, 0.1) is 5.41 Å². The molecule has 0 N–H and O–H groups in total. The van der Waals surface area contributed by atoms with Gasteiger partial charge in [0.2, 0.25) is 0 Å². The molecule has 3 heteroatoms. The number of esters is 1. The molecule has 0 aromatic heterocycles. The summed E-state index contributed by atoms with van der Waals surface area (Å²) in [7, 11) is 0. The lowest BCUT2D eigenvalue weighted by Gasteiger charge is -2.31. The fourth-order valence-electron chi connectivity index (χ4n) is 2.13. The van der Waals surface area contributed by atoms with E-state index in [9.17, 15) is 9.59 Å². The Balaban J connectivity index is 2.29. The van der Waals surface area contributed by atoms with Gasteiger partial charge in [0.05, 0.1) is 11.8 Å². The van der Waals surface area contributed by atoms with Crippen molar-refractivity contribution in [2.45, 2.75) is 38.7 Å². The van der Waals surface area contributed by atoms with Gasteiger partial charge >= 0.3 is 5.97 Å². The Morgan fingerprint density at radius 2 is 2.25 bits per heavy atom. The predicted octanol–water partition coefficient (Wildman–Crippen LogP) is 1.06. The molecular weight excluding hydrogens is 156 g/mol. The molecule has 1 aliphatic heterocycles. The van der Waals surface area contributed by atoms with Gasteiger partial charge in [-0.2, -0.15) is 0 Å². The first kappa shape index (κ1) is 7.77. The SMILES string of the molecule is C[C@@]12CC(=O)O[C@H]1CCCC2=O. The fourth-order valence-corrected chi connectivity index (χ4v) is 2.13. The van der Waals surface area contributed by atoms with E-state index in [0.717, 1.165) is 12.8 Å². The van der Waals surface area contributed by atoms with Gasteiger partial charge in [0.15, 0.2) is 0 Å². The summed E-state index contributed by atoms with van der Waals surface area (Å²) in [5.41, 5.74) is -0.491. The number of ether oxygens (including phenoxy) is 1. The van der Waals surface area contributed by atoms with E-state index in [1.54, 1.807) is 0 Å². The molecule has 12 heavy (non-hydrogen) atoms. The van der Waals surface area contributed by atoms with Crippen LogP contribution >= 0.6 is 0 Å². The highest BCUT2D eigenvalue weighted by molar-refractivity contribution is 5.92. The first-order chi connectivity index (χ1) is 5.63. The van der Waals surface area contributed by atoms with E-state index in [1.165, 1.54) is 0 Å². The van der Waals surface area contributed by atoms with Crippen LogP contribution in [-0.4, -0.2) is 17.9 Å². The molecule has 0 bridgehead atoms. The molecule has 2 rings (SSSR count). The number of hydrogen-bond acceptors (Lipinski definition) is 3. The maximum Gasteiger partial charge on any atom is 0.307 e. The normalized spacial score (nSPS) is 40.9. The summed E-state index contributed by atoms with van der Waals surface area (Å²) in [4.78, 5) is 22.5. The van der Waals surface area contributed by atoms with Crippen LogP contribution in [0.15, 0.2) is 0 Å². The minimum absolute atomic E-state index is 0.133. The molecule has 1 saturated carbocycles. The quantitative estimate of drug-likeness (QED) is 0.508. The molecule has 3 nitrogen and oxygen atoms in total. The van der Waals surface area contributed by atoms with Gasteiger partial charge in [-0.05, 0) is 19.8 Å². The second kappa shape index (κ2) is 2.31. The van der Waals surface area contributed by atoms with E-state index >= 15 is 0 Å². The van der Waals surface area contributed by atoms with Gasteiger partial charge in [-0.25, -0.2) is 0 Å². The standard InChI is InChI=1S/C9H12O3/c1-9-5-8(11)12-7(9)4-2-3-6(9)10/h7H,2-5H2,1H3/t7-,9-/m0/s1. The van der Waals surface area contributed by atoms with Crippen molar-refractivity contribution in [1.82, 2.24) is 0 Å². The number of Topliss-reactive ketones (excluding diaryl/α,β-unsaturated/α-hetero) is 1. The molecule has 1 aliphatic carbocycles. The molecule has 0 aromatic carbocycles. The molecular formula is C9H12O3. The Labute approximate surface area is 71.1 Å². The van der Waals surface area contributed by atoms with Gasteiger partial charge in [-0.1, -0.05) is 0 Å². The summed E-state index contributed by atoms with van der Waals surface area (Å²) in [6.45, 7) is 1.85. The lowest BCUT2D eigenvalue weighted by atomic mass is 9.72. The van der Waals surface area contributed by atoms with Crippen LogP contribution in [0.5, 0.6) is 0 Å². The summed E-state index contributed by atoms with van der Waals surface area (Å²) in [6, 6.07) is 0. The van der Waals surface area contributed by atoms with E-state index < -0.39 is 5.41 Å². The highest BCUT2D eigenvalue weighted by Crippen LogP contribution is 2.43. The lowest BCUT2D eigenvalue weighted by molar-refractivity contribution is -0.143. The largest absolute Gasteiger partial charge is 0.461 e. The molecule has 1 saturated heterocycles. The Morgan fingerprint density at radius 3 is 2.92 bits per heavy atom. The predicted molar refractivity (Wildman–Crippen MR) is 41.5 cm³/mol. The Hall–Kier alpha value is -0.860. The molecule has 0 amide bonds. The van der Waals surface area contributed by atoms with Crippen LogP contribution < -0.4 is 0 Å². The van der Waals surface area contributed by atoms with Crippen LogP contribution in [0.2, 0.25) is 0 Å². The fraction of sp³-hybridized carbons (Fsp3) is 0.778. The summed E-state index contributed by atoms with van der Waals surface area (Å²) in [6.07, 6.45) is 2.49. The molecule has 0 radical (unpaired) electrons. The van der Waals surface area contributed by atoms with Crippen LogP contribution in [0.25, 0.3) is 0 Å². The first-order valence-corrected chi connectivity index (χ1v) is 4.36. The summed E-state index contributed by atoms with van der Waals surface area (Å²) >= 11 is 0. The molecule has 2 fully saturated rings. The number of rotatable bonds is 0. The van der Waals surface area contributed by atoms with Crippen LogP contribution in [0.1, 0.15) is 32.6 Å².